The van der Waals surface area contributed by atoms with E-state index in [1.807, 2.05) is 22.6 Å². The van der Waals surface area contributed by atoms with Gasteiger partial charge in [-0.05, 0) is 28.7 Å². The molecule has 2 N–H and O–H groups in total. The maximum atomic E-state index is 12.5. The Morgan fingerprint density at radius 3 is 2.81 bits per heavy atom. The lowest BCUT2D eigenvalue weighted by molar-refractivity contribution is -0.384. The average Bonchev–Trinajstić information content (AvgIpc) is 2.46. The first-order valence-electron chi connectivity index (χ1n) is 6.04. The number of morpholine rings is 1. The van der Waals surface area contributed by atoms with Crippen molar-refractivity contribution < 1.29 is 19.2 Å². The van der Waals surface area contributed by atoms with Gasteiger partial charge in [-0.1, -0.05) is 0 Å². The van der Waals surface area contributed by atoms with Gasteiger partial charge in [0, 0.05) is 22.2 Å². The third kappa shape index (κ3) is 3.29. The van der Waals surface area contributed by atoms with E-state index in [-0.39, 0.29) is 24.4 Å². The molecule has 2 amide bonds. The highest BCUT2D eigenvalue weighted by Gasteiger charge is 2.33. The van der Waals surface area contributed by atoms with Crippen LogP contribution in [-0.2, 0) is 9.53 Å². The Balaban J connectivity index is 2.36. The van der Waals surface area contributed by atoms with Gasteiger partial charge in [0.25, 0.3) is 11.6 Å². The molecular formula is C12H12IN3O5. The van der Waals surface area contributed by atoms with E-state index < -0.39 is 22.8 Å². The molecule has 112 valence electrons. The molecule has 2 rings (SSSR count). The summed E-state index contributed by atoms with van der Waals surface area (Å²) in [5, 5.41) is 10.8. The van der Waals surface area contributed by atoms with Gasteiger partial charge in [-0.2, -0.15) is 0 Å². The number of hydrogen-bond acceptors (Lipinski definition) is 5. The molecule has 0 saturated carbocycles. The Kier molecular flexibility index (Phi) is 4.73. The van der Waals surface area contributed by atoms with Crippen LogP contribution in [0.2, 0.25) is 0 Å². The van der Waals surface area contributed by atoms with Crippen LogP contribution in [0.25, 0.3) is 0 Å². The largest absolute Gasteiger partial charge is 0.377 e. The third-order valence-electron chi connectivity index (χ3n) is 3.11. The van der Waals surface area contributed by atoms with Crippen LogP contribution in [0.5, 0.6) is 0 Å². The number of hydrogen-bond donors (Lipinski definition) is 1. The van der Waals surface area contributed by atoms with E-state index >= 15 is 0 Å². The molecule has 1 atom stereocenters. The van der Waals surface area contributed by atoms with Crippen molar-refractivity contribution in [1.29, 1.82) is 0 Å². The number of carbonyl (C=O) groups is 2. The lowest BCUT2D eigenvalue weighted by Crippen LogP contribution is -2.54. The molecule has 1 aromatic carbocycles. The van der Waals surface area contributed by atoms with Crippen molar-refractivity contribution in [3.05, 3.63) is 37.4 Å². The number of halogens is 1. The Morgan fingerprint density at radius 1 is 1.48 bits per heavy atom. The summed E-state index contributed by atoms with van der Waals surface area (Å²) in [5.41, 5.74) is 5.27. The van der Waals surface area contributed by atoms with Gasteiger partial charge in [-0.15, -0.1) is 0 Å². The number of nitro benzene ring substituents is 1. The first-order chi connectivity index (χ1) is 9.91. The molecule has 0 bridgehead atoms. The Hall–Kier alpha value is -1.75. The normalized spacial score (nSPS) is 18.3. The zero-order chi connectivity index (χ0) is 15.6. The lowest BCUT2D eigenvalue weighted by atomic mass is 10.1. The van der Waals surface area contributed by atoms with Crippen LogP contribution in [0.1, 0.15) is 10.4 Å². The van der Waals surface area contributed by atoms with E-state index in [0.717, 1.165) is 0 Å². The van der Waals surface area contributed by atoms with E-state index in [2.05, 4.69) is 0 Å². The molecule has 1 aromatic rings. The molecule has 0 aliphatic carbocycles. The second-order valence-electron chi connectivity index (χ2n) is 4.41. The summed E-state index contributed by atoms with van der Waals surface area (Å²) in [6.45, 7) is 0.540. The Bertz CT molecular complexity index is 607. The van der Waals surface area contributed by atoms with Gasteiger partial charge < -0.3 is 15.4 Å². The second-order valence-corrected chi connectivity index (χ2v) is 5.58. The van der Waals surface area contributed by atoms with E-state index in [1.54, 1.807) is 0 Å². The van der Waals surface area contributed by atoms with Crippen LogP contribution in [0.4, 0.5) is 5.69 Å². The van der Waals surface area contributed by atoms with Gasteiger partial charge in [-0.25, -0.2) is 0 Å². The molecule has 1 aliphatic heterocycles. The molecule has 8 nitrogen and oxygen atoms in total. The highest BCUT2D eigenvalue weighted by Crippen LogP contribution is 2.22. The minimum Gasteiger partial charge on any atom is -0.377 e. The van der Waals surface area contributed by atoms with Crippen LogP contribution in [0, 0.1) is 13.7 Å². The van der Waals surface area contributed by atoms with E-state index in [4.69, 9.17) is 10.5 Å². The van der Waals surface area contributed by atoms with Crippen molar-refractivity contribution >= 4 is 40.1 Å². The molecule has 1 saturated heterocycles. The molecule has 1 unspecified atom stereocenters. The average molecular weight is 405 g/mol. The summed E-state index contributed by atoms with van der Waals surface area (Å²) in [6, 6.07) is 3.16. The molecule has 1 aliphatic rings. The number of primary amides is 1. The van der Waals surface area contributed by atoms with E-state index in [9.17, 15) is 19.7 Å². The van der Waals surface area contributed by atoms with Crippen molar-refractivity contribution in [2.45, 2.75) is 6.04 Å². The highest BCUT2D eigenvalue weighted by atomic mass is 127. The van der Waals surface area contributed by atoms with Gasteiger partial charge in [-0.3, -0.25) is 19.7 Å². The number of carbonyl (C=O) groups excluding carboxylic acids is 2. The fourth-order valence-electron chi connectivity index (χ4n) is 2.03. The third-order valence-corrected chi connectivity index (χ3v) is 4.05. The van der Waals surface area contributed by atoms with Crippen LogP contribution in [0.15, 0.2) is 18.2 Å². The standard InChI is InChI=1S/C12H12IN3O5/c13-9-2-1-7(16(19)20)5-8(9)12(18)15-3-4-21-6-10(15)11(14)17/h1-2,5,10H,3-4,6H2,(H2,14,17). The van der Waals surface area contributed by atoms with Crippen LogP contribution in [-0.4, -0.2) is 47.4 Å². The summed E-state index contributed by atoms with van der Waals surface area (Å²) >= 11 is 1.92. The first kappa shape index (κ1) is 15.6. The minimum absolute atomic E-state index is 0.0343. The van der Waals surface area contributed by atoms with Crippen LogP contribution >= 0.6 is 22.6 Å². The zero-order valence-electron chi connectivity index (χ0n) is 10.8. The first-order valence-corrected chi connectivity index (χ1v) is 7.11. The van der Waals surface area contributed by atoms with E-state index in [0.29, 0.717) is 10.2 Å². The second kappa shape index (κ2) is 6.35. The number of nitrogens with two attached hydrogens (primary N) is 1. The van der Waals surface area contributed by atoms with Crippen molar-refractivity contribution in [1.82, 2.24) is 4.90 Å². The van der Waals surface area contributed by atoms with Gasteiger partial charge in [0.05, 0.1) is 23.7 Å². The maximum absolute atomic E-state index is 12.5. The van der Waals surface area contributed by atoms with Crippen LogP contribution in [0.3, 0.4) is 0 Å². The number of non-ortho nitro benzene ring substituents is 1. The van der Waals surface area contributed by atoms with Gasteiger partial charge in [0.15, 0.2) is 0 Å². The minimum atomic E-state index is -0.860. The summed E-state index contributed by atoms with van der Waals surface area (Å²) in [7, 11) is 0. The fraction of sp³-hybridized carbons (Fsp3) is 0.333. The Morgan fingerprint density at radius 2 is 2.19 bits per heavy atom. The lowest BCUT2D eigenvalue weighted by Gasteiger charge is -2.33. The number of benzene rings is 1. The van der Waals surface area contributed by atoms with Crippen molar-refractivity contribution in [3.8, 4) is 0 Å². The van der Waals surface area contributed by atoms with Gasteiger partial charge in [0.1, 0.15) is 6.04 Å². The number of nitrogens with zero attached hydrogens (tertiary/aromatic N) is 2. The summed E-state index contributed by atoms with van der Waals surface area (Å²) in [6.07, 6.45) is 0. The molecule has 1 heterocycles. The van der Waals surface area contributed by atoms with Crippen molar-refractivity contribution in [2.24, 2.45) is 5.73 Å². The number of rotatable bonds is 3. The van der Waals surface area contributed by atoms with Gasteiger partial charge >= 0.3 is 0 Å². The smallest absolute Gasteiger partial charge is 0.270 e. The number of nitro groups is 1. The van der Waals surface area contributed by atoms with E-state index in [1.165, 1.54) is 23.1 Å². The zero-order valence-corrected chi connectivity index (χ0v) is 13.0. The summed E-state index contributed by atoms with van der Waals surface area (Å²) in [4.78, 5) is 35.5. The summed E-state index contributed by atoms with van der Waals surface area (Å²) in [5.74, 6) is -1.13. The Labute approximate surface area is 133 Å². The van der Waals surface area contributed by atoms with Gasteiger partial charge in [0.2, 0.25) is 5.91 Å². The molecule has 0 spiro atoms. The molecule has 0 radical (unpaired) electrons. The highest BCUT2D eigenvalue weighted by molar-refractivity contribution is 14.1. The molecule has 21 heavy (non-hydrogen) atoms. The van der Waals surface area contributed by atoms with Crippen molar-refractivity contribution in [3.63, 3.8) is 0 Å². The predicted molar refractivity (Wildman–Crippen MR) is 80.7 cm³/mol. The monoisotopic (exact) mass is 405 g/mol. The topological polar surface area (TPSA) is 116 Å². The fourth-order valence-corrected chi connectivity index (χ4v) is 2.59. The maximum Gasteiger partial charge on any atom is 0.270 e. The van der Waals surface area contributed by atoms with Crippen molar-refractivity contribution in [2.75, 3.05) is 19.8 Å². The molecular weight excluding hydrogens is 393 g/mol. The van der Waals surface area contributed by atoms with Crippen LogP contribution < -0.4 is 5.73 Å². The number of ether oxygens (including phenoxy) is 1. The quantitative estimate of drug-likeness (QED) is 0.448. The molecule has 0 aromatic heterocycles. The molecule has 9 heteroatoms. The SMILES string of the molecule is NC(=O)C1COCCN1C(=O)c1cc([N+](=O)[O-])ccc1I. The predicted octanol–water partition coefficient (Wildman–Crippen LogP) is 0.526. The number of amides is 2. The summed E-state index contributed by atoms with van der Waals surface area (Å²) < 4.78 is 5.71. The molecule has 1 fully saturated rings.